The van der Waals surface area contributed by atoms with Crippen molar-refractivity contribution in [2.75, 3.05) is 0 Å². The third-order valence-electron chi connectivity index (χ3n) is 0. The molecule has 3 nitrogen and oxygen atoms in total. The quantitative estimate of drug-likeness (QED) is 0.433. The van der Waals surface area contributed by atoms with Crippen molar-refractivity contribution in [1.82, 2.24) is 0 Å². The third-order valence-corrected chi connectivity index (χ3v) is 0. The molecule has 0 saturated carbocycles. The lowest BCUT2D eigenvalue weighted by atomic mass is 11.4. The van der Waals surface area contributed by atoms with E-state index in [1.54, 1.807) is 0 Å². The van der Waals surface area contributed by atoms with E-state index in [0.717, 1.165) is 0 Å². The highest BCUT2D eigenvalue weighted by Crippen LogP contribution is 2.43. The normalized spacial score (nSPS) is 8.71. The van der Waals surface area contributed by atoms with E-state index in [2.05, 4.69) is 12.8 Å². The van der Waals surface area contributed by atoms with Crippen LogP contribution in [0.3, 0.4) is 0 Å². The molecule has 0 rings (SSSR count). The molecule has 0 aromatic carbocycles. The molecular formula is C2H4BrO3P. The van der Waals surface area contributed by atoms with Crippen LogP contribution >= 0.6 is 21.8 Å². The largest absolute Gasteiger partial charge is 0.391 e. The van der Waals surface area contributed by atoms with Crippen LogP contribution in [0.25, 0.3) is 0 Å². The Balaban J connectivity index is 0. The molecule has 0 radical (unpaired) electrons. The number of hydrogen-bond donors (Lipinski definition) is 2. The summed E-state index contributed by atoms with van der Waals surface area (Å²) >= 11 is 2.04. The molecule has 0 heterocycles. The molecule has 0 atom stereocenters. The lowest BCUT2D eigenvalue weighted by Gasteiger charge is -1.81. The summed E-state index contributed by atoms with van der Waals surface area (Å²) in [5, 5.41) is 0. The number of hydrogen-bond acceptors (Lipinski definition) is 1. The highest BCUT2D eigenvalue weighted by Gasteiger charge is 1.99. The first-order chi connectivity index (χ1) is 3.00. The fourth-order valence-corrected chi connectivity index (χ4v) is 0. The first-order valence-electron chi connectivity index (χ1n) is 1.08. The van der Waals surface area contributed by atoms with Crippen molar-refractivity contribution in [3.63, 3.8) is 0 Å². The van der Waals surface area contributed by atoms with Crippen molar-refractivity contribution in [2.45, 2.75) is 0 Å². The van der Waals surface area contributed by atoms with Gasteiger partial charge in [-0.1, -0.05) is 0 Å². The maximum absolute atomic E-state index is 9.24. The molecule has 0 unspecified atom stereocenters. The Morgan fingerprint density at radius 1 is 1.43 bits per heavy atom. The first kappa shape index (κ1) is 10.2. The lowest BCUT2D eigenvalue weighted by molar-refractivity contribution is 0.399. The van der Waals surface area contributed by atoms with Gasteiger partial charge in [-0.15, -0.1) is 12.8 Å². The van der Waals surface area contributed by atoms with Gasteiger partial charge in [0.2, 0.25) is 0 Å². The number of terminal acetylenes is 1. The Kier molecular flexibility index (Phi) is 6.36. The molecule has 0 aliphatic carbocycles. The molecule has 7 heavy (non-hydrogen) atoms. The van der Waals surface area contributed by atoms with Crippen LogP contribution in [0.4, 0.5) is 0 Å². The van der Waals surface area contributed by atoms with E-state index in [0.29, 0.717) is 0 Å². The minimum atomic E-state index is -3.83. The summed E-state index contributed by atoms with van der Waals surface area (Å²) in [4.78, 5) is 15.1. The summed E-state index contributed by atoms with van der Waals surface area (Å²) < 4.78 is 9.24. The van der Waals surface area contributed by atoms with Crippen LogP contribution in [-0.2, 0) is 4.57 Å². The van der Waals surface area contributed by atoms with Crippen LogP contribution in [0.2, 0.25) is 0 Å². The summed E-state index contributed by atoms with van der Waals surface area (Å²) in [7, 11) is 0. The Morgan fingerprint density at radius 3 is 1.43 bits per heavy atom. The molecular weight excluding hydrogens is 183 g/mol. The van der Waals surface area contributed by atoms with Gasteiger partial charge in [-0.3, -0.25) is 0 Å². The predicted octanol–water partition coefficient (Wildman–Crippen LogP) is 0.723. The van der Waals surface area contributed by atoms with Gasteiger partial charge >= 0.3 is 6.30 Å². The van der Waals surface area contributed by atoms with E-state index in [4.69, 9.17) is 9.79 Å². The summed E-state index contributed by atoms with van der Waals surface area (Å²) in [6.45, 7) is 0. The molecule has 0 amide bonds. The topological polar surface area (TPSA) is 57.5 Å². The van der Waals surface area contributed by atoms with Gasteiger partial charge < -0.3 is 9.79 Å². The van der Waals surface area contributed by atoms with Crippen molar-refractivity contribution >= 4 is 21.8 Å². The van der Waals surface area contributed by atoms with Crippen molar-refractivity contribution in [3.8, 4) is 12.8 Å². The second kappa shape index (κ2) is 4.35. The van der Waals surface area contributed by atoms with E-state index >= 15 is 0 Å². The van der Waals surface area contributed by atoms with Gasteiger partial charge in [0.05, 0.1) is 0 Å². The molecule has 5 heteroatoms. The zero-order valence-electron chi connectivity index (χ0n) is 3.28. The van der Waals surface area contributed by atoms with Crippen molar-refractivity contribution in [1.29, 1.82) is 0 Å². The molecule has 0 saturated heterocycles. The van der Waals surface area contributed by atoms with E-state index in [1.807, 2.05) is 15.5 Å². The molecule has 0 bridgehead atoms. The summed E-state index contributed by atoms with van der Waals surface area (Å²) in [5.41, 5.74) is 0. The van der Waals surface area contributed by atoms with Crippen LogP contribution in [0, 0.1) is 12.8 Å². The van der Waals surface area contributed by atoms with E-state index in [9.17, 15) is 4.57 Å². The van der Waals surface area contributed by atoms with Gasteiger partial charge in [-0.05, 0) is 0 Å². The molecule has 0 aliphatic rings. The van der Waals surface area contributed by atoms with Crippen LogP contribution in [0.1, 0.15) is 0 Å². The second-order valence-corrected chi connectivity index (χ2v) is 4.19. The summed E-state index contributed by atoms with van der Waals surface area (Å²) in [5.74, 6) is 0. The van der Waals surface area contributed by atoms with Crippen molar-refractivity contribution < 1.29 is 14.4 Å². The lowest BCUT2D eigenvalue weighted by Crippen LogP contribution is -1.53. The van der Waals surface area contributed by atoms with Crippen LogP contribution < -0.4 is 0 Å². The maximum Gasteiger partial charge on any atom is 0.391 e. The standard InChI is InChI=1S/C2H2.BrH2O3P/c1-2;1-5(2,3)4/h1-2H;(H2,2,3,4). The van der Waals surface area contributed by atoms with Gasteiger partial charge in [-0.25, -0.2) is 4.57 Å². The van der Waals surface area contributed by atoms with Crippen LogP contribution in [0.5, 0.6) is 0 Å². The smallest absolute Gasteiger partial charge is 0.316 e. The van der Waals surface area contributed by atoms with Crippen LogP contribution in [0.15, 0.2) is 0 Å². The maximum atomic E-state index is 9.24. The molecule has 2 N–H and O–H groups in total. The van der Waals surface area contributed by atoms with Gasteiger partial charge in [0, 0.05) is 15.5 Å². The Morgan fingerprint density at radius 2 is 1.43 bits per heavy atom. The fraction of sp³-hybridized carbons (Fsp3) is 0. The van der Waals surface area contributed by atoms with Gasteiger partial charge in [0.1, 0.15) is 0 Å². The van der Waals surface area contributed by atoms with Crippen molar-refractivity contribution in [3.05, 3.63) is 0 Å². The average molecular weight is 187 g/mol. The molecule has 0 fully saturated rings. The SMILES string of the molecule is C#C.O=P(O)(O)Br. The first-order valence-corrected chi connectivity index (χ1v) is 4.72. The second-order valence-electron chi connectivity index (χ2n) is 0.473. The molecule has 0 aliphatic heterocycles. The summed E-state index contributed by atoms with van der Waals surface area (Å²) in [6.07, 6.45) is 4.17. The fourth-order valence-electron chi connectivity index (χ4n) is 0. The Hall–Kier alpha value is 0.190. The Labute approximate surface area is 49.6 Å². The minimum absolute atomic E-state index is 2.04. The van der Waals surface area contributed by atoms with Gasteiger partial charge in [0.25, 0.3) is 0 Å². The zero-order valence-corrected chi connectivity index (χ0v) is 5.76. The average Bonchev–Trinajstić information content (AvgIpc) is 1.36. The van der Waals surface area contributed by atoms with Gasteiger partial charge in [0.15, 0.2) is 0 Å². The predicted molar refractivity (Wildman–Crippen MR) is 30.9 cm³/mol. The van der Waals surface area contributed by atoms with Gasteiger partial charge in [-0.2, -0.15) is 0 Å². The summed E-state index contributed by atoms with van der Waals surface area (Å²) in [6, 6.07) is 0. The van der Waals surface area contributed by atoms with E-state index in [1.165, 1.54) is 0 Å². The highest BCUT2D eigenvalue weighted by atomic mass is 79.9. The molecule has 0 aromatic heterocycles. The molecule has 0 spiro atoms. The molecule has 0 aromatic rings. The highest BCUT2D eigenvalue weighted by molar-refractivity contribution is 9.39. The van der Waals surface area contributed by atoms with Crippen molar-refractivity contribution in [2.24, 2.45) is 0 Å². The number of rotatable bonds is 0. The van der Waals surface area contributed by atoms with Crippen LogP contribution in [-0.4, -0.2) is 9.79 Å². The molecule has 42 valence electrons. The zero-order chi connectivity index (χ0) is 6.50. The monoisotopic (exact) mass is 186 g/mol. The van der Waals surface area contributed by atoms with E-state index in [-0.39, 0.29) is 0 Å². The van der Waals surface area contributed by atoms with E-state index < -0.39 is 6.30 Å². The minimum Gasteiger partial charge on any atom is -0.316 e. The number of halogens is 1. The Bertz CT molecular complexity index is 84.1. The third kappa shape index (κ3) is 3010.